The van der Waals surface area contributed by atoms with E-state index >= 15 is 0 Å². The van der Waals surface area contributed by atoms with Crippen molar-refractivity contribution in [1.82, 2.24) is 5.32 Å². The molecule has 1 aromatic carbocycles. The largest absolute Gasteiger partial charge is 0.351 e. The van der Waals surface area contributed by atoms with Gasteiger partial charge in [-0.2, -0.15) is 0 Å². The van der Waals surface area contributed by atoms with Gasteiger partial charge in [0, 0.05) is 17.7 Å². The van der Waals surface area contributed by atoms with Gasteiger partial charge in [-0.1, -0.05) is 18.2 Å². The Morgan fingerprint density at radius 3 is 2.79 bits per heavy atom. The standard InChI is InChI=1S/C17H17N3O3S/c21-15(18-10-12-4-3-9-24-12)7-8-17(23)20-11-16(22)19-13-5-1-2-6-14(13)20/h1-6,9H,7-8,10-11H2,(H,18,21)(H,19,22). The first-order valence-corrected chi connectivity index (χ1v) is 8.50. The lowest BCUT2D eigenvalue weighted by atomic mass is 10.1. The summed E-state index contributed by atoms with van der Waals surface area (Å²) in [5, 5.41) is 7.48. The molecule has 1 aromatic heterocycles. The van der Waals surface area contributed by atoms with E-state index in [9.17, 15) is 14.4 Å². The molecule has 3 rings (SSSR count). The maximum Gasteiger partial charge on any atom is 0.244 e. The van der Waals surface area contributed by atoms with E-state index in [0.717, 1.165) is 4.88 Å². The van der Waals surface area contributed by atoms with E-state index in [-0.39, 0.29) is 37.1 Å². The Morgan fingerprint density at radius 2 is 2.00 bits per heavy atom. The molecule has 0 radical (unpaired) electrons. The Balaban J connectivity index is 1.55. The maximum absolute atomic E-state index is 12.4. The zero-order valence-electron chi connectivity index (χ0n) is 13.0. The van der Waals surface area contributed by atoms with Gasteiger partial charge in [-0.05, 0) is 23.6 Å². The number of hydrogen-bond acceptors (Lipinski definition) is 4. The van der Waals surface area contributed by atoms with Crippen LogP contribution in [-0.4, -0.2) is 24.3 Å². The van der Waals surface area contributed by atoms with E-state index in [1.165, 1.54) is 4.90 Å². The molecule has 2 aromatic rings. The third-order valence-corrected chi connectivity index (χ3v) is 4.55. The van der Waals surface area contributed by atoms with Crippen LogP contribution in [0.4, 0.5) is 11.4 Å². The highest BCUT2D eigenvalue weighted by atomic mass is 32.1. The smallest absolute Gasteiger partial charge is 0.244 e. The molecular formula is C17H17N3O3S. The van der Waals surface area contributed by atoms with E-state index in [1.807, 2.05) is 23.6 Å². The summed E-state index contributed by atoms with van der Waals surface area (Å²) in [7, 11) is 0. The van der Waals surface area contributed by atoms with E-state index in [4.69, 9.17) is 0 Å². The number of fused-ring (bicyclic) bond motifs is 1. The highest BCUT2D eigenvalue weighted by Gasteiger charge is 2.26. The predicted molar refractivity (Wildman–Crippen MR) is 92.8 cm³/mol. The van der Waals surface area contributed by atoms with Crippen LogP contribution in [0.2, 0.25) is 0 Å². The molecule has 7 heteroatoms. The van der Waals surface area contributed by atoms with E-state index in [0.29, 0.717) is 17.9 Å². The number of carbonyl (C=O) groups is 3. The van der Waals surface area contributed by atoms with Crippen molar-refractivity contribution in [1.29, 1.82) is 0 Å². The third kappa shape index (κ3) is 3.80. The van der Waals surface area contributed by atoms with Crippen LogP contribution in [0.3, 0.4) is 0 Å². The van der Waals surface area contributed by atoms with Crippen LogP contribution in [0.5, 0.6) is 0 Å². The van der Waals surface area contributed by atoms with Crippen LogP contribution in [0, 0.1) is 0 Å². The molecule has 0 saturated heterocycles. The minimum atomic E-state index is -0.233. The number of rotatable bonds is 5. The lowest BCUT2D eigenvalue weighted by molar-refractivity contribution is -0.125. The second kappa shape index (κ2) is 7.27. The van der Waals surface area contributed by atoms with Gasteiger partial charge in [-0.15, -0.1) is 11.3 Å². The molecule has 1 aliphatic rings. The van der Waals surface area contributed by atoms with Gasteiger partial charge in [0.05, 0.1) is 17.9 Å². The summed E-state index contributed by atoms with van der Waals surface area (Å²) in [5.74, 6) is -0.640. The SMILES string of the molecule is O=C(CCC(=O)N1CC(=O)Nc2ccccc21)NCc1cccs1. The van der Waals surface area contributed by atoms with Crippen molar-refractivity contribution in [3.8, 4) is 0 Å². The molecule has 0 unspecified atom stereocenters. The average molecular weight is 343 g/mol. The van der Waals surface area contributed by atoms with Crippen LogP contribution in [0.1, 0.15) is 17.7 Å². The van der Waals surface area contributed by atoms with Gasteiger partial charge in [0.2, 0.25) is 17.7 Å². The number of benzene rings is 1. The summed E-state index contributed by atoms with van der Waals surface area (Å²) < 4.78 is 0. The molecule has 124 valence electrons. The summed E-state index contributed by atoms with van der Waals surface area (Å²) >= 11 is 1.57. The quantitative estimate of drug-likeness (QED) is 0.873. The van der Waals surface area contributed by atoms with Gasteiger partial charge >= 0.3 is 0 Å². The van der Waals surface area contributed by atoms with Gasteiger partial charge in [0.25, 0.3) is 0 Å². The molecule has 6 nitrogen and oxygen atoms in total. The van der Waals surface area contributed by atoms with E-state index < -0.39 is 0 Å². The molecule has 24 heavy (non-hydrogen) atoms. The number of carbonyl (C=O) groups excluding carboxylic acids is 3. The highest BCUT2D eigenvalue weighted by Crippen LogP contribution is 2.29. The fourth-order valence-electron chi connectivity index (χ4n) is 2.50. The lowest BCUT2D eigenvalue weighted by Gasteiger charge is -2.29. The number of nitrogens with zero attached hydrogens (tertiary/aromatic N) is 1. The van der Waals surface area contributed by atoms with Gasteiger partial charge in [-0.25, -0.2) is 0 Å². The Hall–Kier alpha value is -2.67. The Bertz CT molecular complexity index is 758. The number of para-hydroxylation sites is 2. The summed E-state index contributed by atoms with van der Waals surface area (Å²) in [4.78, 5) is 38.5. The van der Waals surface area contributed by atoms with Crippen LogP contribution in [0.25, 0.3) is 0 Å². The molecular weight excluding hydrogens is 326 g/mol. The molecule has 0 atom stereocenters. The molecule has 2 heterocycles. The Morgan fingerprint density at radius 1 is 1.17 bits per heavy atom. The van der Waals surface area contributed by atoms with E-state index in [1.54, 1.807) is 29.5 Å². The highest BCUT2D eigenvalue weighted by molar-refractivity contribution is 7.09. The minimum absolute atomic E-state index is 0.0212. The summed E-state index contributed by atoms with van der Waals surface area (Å²) in [6, 6.07) is 11.0. The fraction of sp³-hybridized carbons (Fsp3) is 0.235. The monoisotopic (exact) mass is 343 g/mol. The second-order valence-electron chi connectivity index (χ2n) is 5.40. The number of amides is 3. The summed E-state index contributed by atoms with van der Waals surface area (Å²) in [6.07, 6.45) is 0.169. The number of hydrogen-bond donors (Lipinski definition) is 2. The zero-order valence-corrected chi connectivity index (χ0v) is 13.8. The molecule has 0 spiro atoms. The maximum atomic E-state index is 12.4. The van der Waals surface area contributed by atoms with Gasteiger partial charge in [-0.3, -0.25) is 14.4 Å². The fourth-order valence-corrected chi connectivity index (χ4v) is 3.14. The minimum Gasteiger partial charge on any atom is -0.351 e. The van der Waals surface area contributed by atoms with Crippen LogP contribution in [0.15, 0.2) is 41.8 Å². The van der Waals surface area contributed by atoms with Crippen LogP contribution >= 0.6 is 11.3 Å². The van der Waals surface area contributed by atoms with Gasteiger partial charge in [0.1, 0.15) is 6.54 Å². The van der Waals surface area contributed by atoms with Gasteiger partial charge in [0.15, 0.2) is 0 Å². The number of nitrogens with one attached hydrogen (secondary N) is 2. The second-order valence-corrected chi connectivity index (χ2v) is 6.43. The first-order chi connectivity index (χ1) is 11.6. The molecule has 0 fully saturated rings. The van der Waals surface area contributed by atoms with Crippen LogP contribution < -0.4 is 15.5 Å². The van der Waals surface area contributed by atoms with Crippen molar-refractivity contribution < 1.29 is 14.4 Å². The predicted octanol–water partition coefficient (Wildman–Crippen LogP) is 2.13. The zero-order chi connectivity index (χ0) is 16.9. The average Bonchev–Trinajstić information content (AvgIpc) is 3.10. The molecule has 0 aliphatic carbocycles. The van der Waals surface area contributed by atoms with Crippen molar-refractivity contribution in [2.24, 2.45) is 0 Å². The molecule has 3 amide bonds. The van der Waals surface area contributed by atoms with Crippen molar-refractivity contribution in [2.45, 2.75) is 19.4 Å². The van der Waals surface area contributed by atoms with E-state index in [2.05, 4.69) is 10.6 Å². The molecule has 2 N–H and O–H groups in total. The topological polar surface area (TPSA) is 78.5 Å². The normalized spacial score (nSPS) is 13.2. The van der Waals surface area contributed by atoms with Crippen molar-refractivity contribution in [2.75, 3.05) is 16.8 Å². The third-order valence-electron chi connectivity index (χ3n) is 3.68. The molecule has 0 saturated carbocycles. The Kier molecular flexibility index (Phi) is 4.90. The molecule has 1 aliphatic heterocycles. The lowest BCUT2D eigenvalue weighted by Crippen LogP contribution is -2.42. The first-order valence-electron chi connectivity index (χ1n) is 7.62. The van der Waals surface area contributed by atoms with Crippen molar-refractivity contribution >= 4 is 40.4 Å². The molecule has 0 bridgehead atoms. The number of thiophene rings is 1. The number of anilines is 2. The summed E-state index contributed by atoms with van der Waals surface area (Å²) in [5.41, 5.74) is 1.28. The van der Waals surface area contributed by atoms with Crippen molar-refractivity contribution in [3.63, 3.8) is 0 Å². The van der Waals surface area contributed by atoms with Gasteiger partial charge < -0.3 is 15.5 Å². The van der Waals surface area contributed by atoms with Crippen molar-refractivity contribution in [3.05, 3.63) is 46.7 Å². The first kappa shape index (κ1) is 16.2. The van der Waals surface area contributed by atoms with Crippen LogP contribution in [-0.2, 0) is 20.9 Å². The Labute approximate surface area is 143 Å². The summed E-state index contributed by atoms with van der Waals surface area (Å²) in [6.45, 7) is 0.451.